The van der Waals surface area contributed by atoms with Gasteiger partial charge in [-0.05, 0) is 64.7 Å². The van der Waals surface area contributed by atoms with E-state index in [9.17, 15) is 18.0 Å². The lowest BCUT2D eigenvalue weighted by Gasteiger charge is -2.28. The van der Waals surface area contributed by atoms with Crippen LogP contribution < -0.4 is 21.5 Å². The van der Waals surface area contributed by atoms with Gasteiger partial charge in [-0.1, -0.05) is 0 Å². The summed E-state index contributed by atoms with van der Waals surface area (Å²) in [5.74, 6) is -0.108. The van der Waals surface area contributed by atoms with Crippen LogP contribution in [0.1, 0.15) is 65.2 Å². The number of amides is 1. The van der Waals surface area contributed by atoms with Crippen LogP contribution >= 0.6 is 0 Å². The third-order valence-corrected chi connectivity index (χ3v) is 6.20. The minimum atomic E-state index is -1.58. The SMILES string of the molecule is CC(C)N/C(=N\C1CC(C2CCC(F)CC2)NN1)NC(=O)C1CCC(F)C(F)C1. The molecule has 0 aromatic carbocycles. The van der Waals surface area contributed by atoms with Gasteiger partial charge in [0, 0.05) is 24.4 Å². The highest BCUT2D eigenvalue weighted by Gasteiger charge is 2.35. The van der Waals surface area contributed by atoms with Crippen molar-refractivity contribution in [1.29, 1.82) is 0 Å². The monoisotopic (exact) mass is 417 g/mol. The molecule has 3 rings (SSSR count). The fourth-order valence-corrected chi connectivity index (χ4v) is 4.51. The van der Waals surface area contributed by atoms with E-state index >= 15 is 0 Å². The molecular formula is C20H34F3N5O. The van der Waals surface area contributed by atoms with Crippen LogP contribution in [0.3, 0.4) is 0 Å². The highest BCUT2D eigenvalue weighted by atomic mass is 19.2. The predicted octanol–water partition coefficient (Wildman–Crippen LogP) is 2.65. The van der Waals surface area contributed by atoms with Gasteiger partial charge in [0.2, 0.25) is 5.91 Å². The molecule has 5 atom stereocenters. The summed E-state index contributed by atoms with van der Waals surface area (Å²) in [6.45, 7) is 3.87. The lowest BCUT2D eigenvalue weighted by molar-refractivity contribution is -0.125. The average molecular weight is 418 g/mol. The number of alkyl halides is 3. The van der Waals surface area contributed by atoms with Crippen LogP contribution in [0.5, 0.6) is 0 Å². The van der Waals surface area contributed by atoms with Gasteiger partial charge in [0.25, 0.3) is 0 Å². The highest BCUT2D eigenvalue weighted by Crippen LogP contribution is 2.31. The number of aliphatic imine (C=N–C) groups is 1. The van der Waals surface area contributed by atoms with E-state index in [0.717, 1.165) is 19.3 Å². The molecule has 0 aromatic rings. The number of guanidine groups is 1. The molecule has 0 spiro atoms. The van der Waals surface area contributed by atoms with Crippen molar-refractivity contribution in [2.75, 3.05) is 0 Å². The molecule has 1 aliphatic heterocycles. The standard InChI is InChI=1S/C20H34F3N5O/c1-11(2)24-20(26-19(29)13-5-8-15(22)16(23)9-13)25-18-10-17(27-28-18)12-3-6-14(21)7-4-12/h11-18,27-28H,3-10H2,1-2H3,(H2,24,25,26,29). The molecule has 1 heterocycles. The van der Waals surface area contributed by atoms with Crippen LogP contribution in [-0.4, -0.2) is 48.6 Å². The fraction of sp³-hybridized carbons (Fsp3) is 0.900. The maximum atomic E-state index is 13.7. The Morgan fingerprint density at radius 3 is 2.34 bits per heavy atom. The summed E-state index contributed by atoms with van der Waals surface area (Å²) < 4.78 is 40.4. The van der Waals surface area contributed by atoms with Gasteiger partial charge in [0.15, 0.2) is 5.96 Å². The normalized spacial score (nSPS) is 38.8. The minimum Gasteiger partial charge on any atom is -0.354 e. The van der Waals surface area contributed by atoms with E-state index in [-0.39, 0.29) is 37.0 Å². The lowest BCUT2D eigenvalue weighted by atomic mass is 9.82. The van der Waals surface area contributed by atoms with Gasteiger partial charge in [-0.15, -0.1) is 0 Å². The Kier molecular flexibility index (Phi) is 7.79. The third-order valence-electron chi connectivity index (χ3n) is 6.20. The quantitative estimate of drug-likeness (QED) is 0.419. The molecule has 29 heavy (non-hydrogen) atoms. The van der Waals surface area contributed by atoms with Crippen molar-refractivity contribution in [2.45, 2.75) is 102 Å². The number of hydrazine groups is 1. The van der Waals surface area contributed by atoms with Crippen molar-refractivity contribution in [2.24, 2.45) is 16.8 Å². The Morgan fingerprint density at radius 2 is 1.69 bits per heavy atom. The van der Waals surface area contributed by atoms with Gasteiger partial charge in [-0.3, -0.25) is 15.5 Å². The summed E-state index contributed by atoms with van der Waals surface area (Å²) >= 11 is 0. The number of rotatable bonds is 4. The zero-order valence-electron chi connectivity index (χ0n) is 17.3. The molecule has 4 N–H and O–H groups in total. The van der Waals surface area contributed by atoms with Crippen LogP contribution in [0.4, 0.5) is 13.2 Å². The first kappa shape index (κ1) is 22.3. The summed E-state index contributed by atoms with van der Waals surface area (Å²) in [5.41, 5.74) is 6.42. The van der Waals surface area contributed by atoms with E-state index in [4.69, 9.17) is 0 Å². The first-order valence-electron chi connectivity index (χ1n) is 10.9. The topological polar surface area (TPSA) is 77.6 Å². The summed E-state index contributed by atoms with van der Waals surface area (Å²) in [6.07, 6.45) is 0.0725. The number of hydrogen-bond acceptors (Lipinski definition) is 4. The van der Waals surface area contributed by atoms with Crippen molar-refractivity contribution < 1.29 is 18.0 Å². The molecule has 0 bridgehead atoms. The van der Waals surface area contributed by atoms with Crippen LogP contribution in [0, 0.1) is 11.8 Å². The Morgan fingerprint density at radius 1 is 0.966 bits per heavy atom. The highest BCUT2D eigenvalue weighted by molar-refractivity contribution is 5.98. The molecule has 9 heteroatoms. The Labute approximate surface area is 170 Å². The molecule has 0 radical (unpaired) electrons. The van der Waals surface area contributed by atoms with E-state index in [2.05, 4.69) is 26.5 Å². The second kappa shape index (κ2) is 10.1. The second-order valence-corrected chi connectivity index (χ2v) is 8.97. The molecule has 1 amide bonds. The van der Waals surface area contributed by atoms with Crippen LogP contribution in [0.25, 0.3) is 0 Å². The summed E-state index contributed by atoms with van der Waals surface area (Å²) in [6, 6.07) is 0.272. The van der Waals surface area contributed by atoms with Gasteiger partial charge in [-0.25, -0.2) is 23.6 Å². The molecule has 5 unspecified atom stereocenters. The molecule has 6 nitrogen and oxygen atoms in total. The first-order chi connectivity index (χ1) is 13.8. The van der Waals surface area contributed by atoms with E-state index in [0.29, 0.717) is 31.1 Å². The van der Waals surface area contributed by atoms with E-state index in [1.54, 1.807) is 0 Å². The number of hydrogen-bond donors (Lipinski definition) is 4. The fourth-order valence-electron chi connectivity index (χ4n) is 4.51. The molecular weight excluding hydrogens is 383 g/mol. The van der Waals surface area contributed by atoms with Crippen LogP contribution in [-0.2, 0) is 4.79 Å². The molecule has 2 aliphatic carbocycles. The largest absolute Gasteiger partial charge is 0.354 e. The van der Waals surface area contributed by atoms with Crippen molar-refractivity contribution >= 4 is 11.9 Å². The van der Waals surface area contributed by atoms with Gasteiger partial charge < -0.3 is 5.32 Å². The number of halogens is 3. The van der Waals surface area contributed by atoms with E-state index in [1.165, 1.54) is 0 Å². The van der Waals surface area contributed by atoms with Crippen LogP contribution in [0.2, 0.25) is 0 Å². The molecule has 2 saturated carbocycles. The van der Waals surface area contributed by atoms with Crippen LogP contribution in [0.15, 0.2) is 4.99 Å². The van der Waals surface area contributed by atoms with E-state index < -0.39 is 24.4 Å². The van der Waals surface area contributed by atoms with Gasteiger partial charge in [-0.2, -0.15) is 0 Å². The zero-order valence-corrected chi connectivity index (χ0v) is 17.3. The second-order valence-electron chi connectivity index (χ2n) is 8.97. The van der Waals surface area contributed by atoms with Gasteiger partial charge in [0.1, 0.15) is 24.7 Å². The van der Waals surface area contributed by atoms with E-state index in [1.807, 2.05) is 13.8 Å². The summed E-state index contributed by atoms with van der Waals surface area (Å²) in [7, 11) is 0. The smallest absolute Gasteiger partial charge is 0.229 e. The maximum Gasteiger partial charge on any atom is 0.229 e. The molecule has 3 fully saturated rings. The number of nitrogens with one attached hydrogen (secondary N) is 4. The van der Waals surface area contributed by atoms with Crippen molar-refractivity contribution in [3.63, 3.8) is 0 Å². The summed E-state index contributed by atoms with van der Waals surface area (Å²) in [4.78, 5) is 17.2. The van der Waals surface area contributed by atoms with Gasteiger partial charge >= 0.3 is 0 Å². The lowest BCUT2D eigenvalue weighted by Crippen LogP contribution is -2.48. The third kappa shape index (κ3) is 6.31. The van der Waals surface area contributed by atoms with Gasteiger partial charge in [0.05, 0.1) is 0 Å². The molecule has 0 aromatic heterocycles. The molecule has 166 valence electrons. The van der Waals surface area contributed by atoms with Crippen molar-refractivity contribution in [3.05, 3.63) is 0 Å². The first-order valence-corrected chi connectivity index (χ1v) is 10.9. The Balaban J connectivity index is 1.56. The predicted molar refractivity (Wildman–Crippen MR) is 106 cm³/mol. The number of carbonyl (C=O) groups excluding carboxylic acids is 1. The molecule has 1 saturated heterocycles. The zero-order chi connectivity index (χ0) is 21.0. The number of carbonyl (C=O) groups is 1. The number of nitrogens with zero attached hydrogens (tertiary/aromatic N) is 1. The Bertz CT molecular complexity index is 582. The minimum absolute atomic E-state index is 0.0505. The Hall–Kier alpha value is -1.35. The van der Waals surface area contributed by atoms with Crippen molar-refractivity contribution in [1.82, 2.24) is 21.5 Å². The maximum absolute atomic E-state index is 13.7. The van der Waals surface area contributed by atoms with Crippen molar-refractivity contribution in [3.8, 4) is 0 Å². The summed E-state index contributed by atoms with van der Waals surface area (Å²) in [5, 5.41) is 5.90. The molecule has 3 aliphatic rings. The average Bonchev–Trinajstić information content (AvgIpc) is 3.12.